The molecule has 4 N–H and O–H groups in total. The topological polar surface area (TPSA) is 132 Å². The summed E-state index contributed by atoms with van der Waals surface area (Å²) in [4.78, 5) is 17.2. The molecule has 138 valence electrons. The zero-order chi connectivity index (χ0) is 19.7. The number of imidazole rings is 1. The molecular formula is C20H18N8. The van der Waals surface area contributed by atoms with Gasteiger partial charge in [0.1, 0.15) is 23.0 Å². The normalized spacial score (nSPS) is 10.9. The molecule has 0 saturated carbocycles. The molecule has 8 nitrogen and oxygen atoms in total. The summed E-state index contributed by atoms with van der Waals surface area (Å²) in [7, 11) is 0. The third-order valence-corrected chi connectivity index (χ3v) is 4.57. The first-order valence-corrected chi connectivity index (χ1v) is 8.81. The molecule has 0 bridgehead atoms. The van der Waals surface area contributed by atoms with Gasteiger partial charge in [0.2, 0.25) is 5.95 Å². The average molecular weight is 370 g/mol. The summed E-state index contributed by atoms with van der Waals surface area (Å²) in [6.45, 7) is 2.66. The summed E-state index contributed by atoms with van der Waals surface area (Å²) < 4.78 is 1.92. The Morgan fingerprint density at radius 2 is 1.96 bits per heavy atom. The third-order valence-electron chi connectivity index (χ3n) is 4.57. The van der Waals surface area contributed by atoms with Crippen LogP contribution in [0.3, 0.4) is 0 Å². The third kappa shape index (κ3) is 3.10. The lowest BCUT2D eigenvalue weighted by Crippen LogP contribution is -2.04. The SMILES string of the molecule is CCc1cc(Cn2cnc3c(-c4ccnc(C#N)c4)nc(N)nc32)ccc1N. The van der Waals surface area contributed by atoms with Crippen molar-refractivity contribution in [2.24, 2.45) is 0 Å². The van der Waals surface area contributed by atoms with Crippen molar-refractivity contribution < 1.29 is 0 Å². The van der Waals surface area contributed by atoms with Crippen LogP contribution >= 0.6 is 0 Å². The Morgan fingerprint density at radius 3 is 2.75 bits per heavy atom. The molecule has 4 aromatic rings. The maximum absolute atomic E-state index is 9.11. The van der Waals surface area contributed by atoms with Gasteiger partial charge in [-0.2, -0.15) is 10.2 Å². The zero-order valence-electron chi connectivity index (χ0n) is 15.3. The van der Waals surface area contributed by atoms with E-state index in [1.807, 2.05) is 22.8 Å². The van der Waals surface area contributed by atoms with Crippen LogP contribution in [-0.4, -0.2) is 24.5 Å². The van der Waals surface area contributed by atoms with Gasteiger partial charge in [-0.25, -0.2) is 15.0 Å². The molecular weight excluding hydrogens is 352 g/mol. The number of aryl methyl sites for hydroxylation is 1. The maximum Gasteiger partial charge on any atom is 0.222 e. The molecule has 0 aliphatic carbocycles. The Morgan fingerprint density at radius 1 is 1.11 bits per heavy atom. The summed E-state index contributed by atoms with van der Waals surface area (Å²) >= 11 is 0. The van der Waals surface area contributed by atoms with Crippen molar-refractivity contribution in [1.82, 2.24) is 24.5 Å². The van der Waals surface area contributed by atoms with E-state index in [1.165, 1.54) is 0 Å². The van der Waals surface area contributed by atoms with Gasteiger partial charge in [-0.3, -0.25) is 0 Å². The van der Waals surface area contributed by atoms with Crippen LogP contribution in [0.15, 0.2) is 42.9 Å². The first-order chi connectivity index (χ1) is 13.6. The van der Waals surface area contributed by atoms with Gasteiger partial charge in [0.25, 0.3) is 0 Å². The standard InChI is InChI=1S/C20H18N8/c1-2-13-7-12(3-4-16(13)22)10-28-11-25-18-17(26-20(23)27-19(18)28)14-5-6-24-15(8-14)9-21/h3-8,11H,2,10,22H2,1H3,(H2,23,26,27). The smallest absolute Gasteiger partial charge is 0.222 e. The van der Waals surface area contributed by atoms with E-state index in [4.69, 9.17) is 16.7 Å². The number of rotatable bonds is 4. The lowest BCUT2D eigenvalue weighted by Gasteiger charge is -2.09. The van der Waals surface area contributed by atoms with Crippen LogP contribution < -0.4 is 11.5 Å². The van der Waals surface area contributed by atoms with E-state index < -0.39 is 0 Å². The highest BCUT2D eigenvalue weighted by Crippen LogP contribution is 2.26. The molecule has 0 aliphatic heterocycles. The maximum atomic E-state index is 9.11. The summed E-state index contributed by atoms with van der Waals surface area (Å²) in [6, 6.07) is 11.5. The molecule has 0 radical (unpaired) electrons. The van der Waals surface area contributed by atoms with Crippen molar-refractivity contribution in [1.29, 1.82) is 5.26 Å². The molecule has 0 amide bonds. The summed E-state index contributed by atoms with van der Waals surface area (Å²) in [5.74, 6) is 0.145. The van der Waals surface area contributed by atoms with Crippen LogP contribution in [0.1, 0.15) is 23.7 Å². The highest BCUT2D eigenvalue weighted by molar-refractivity contribution is 5.88. The number of nitrogens with two attached hydrogens (primary N) is 2. The molecule has 0 saturated heterocycles. The van der Waals surface area contributed by atoms with Crippen molar-refractivity contribution >= 4 is 22.8 Å². The van der Waals surface area contributed by atoms with Gasteiger partial charge in [-0.1, -0.05) is 19.1 Å². The number of hydrogen-bond donors (Lipinski definition) is 2. The predicted molar refractivity (Wildman–Crippen MR) is 107 cm³/mol. The van der Waals surface area contributed by atoms with Gasteiger partial charge >= 0.3 is 0 Å². The molecule has 0 atom stereocenters. The molecule has 0 fully saturated rings. The number of anilines is 2. The quantitative estimate of drug-likeness (QED) is 0.527. The number of benzene rings is 1. The molecule has 3 heterocycles. The molecule has 0 unspecified atom stereocenters. The van der Waals surface area contributed by atoms with Crippen molar-refractivity contribution in [2.75, 3.05) is 11.5 Å². The number of aromatic nitrogens is 5. The first-order valence-electron chi connectivity index (χ1n) is 8.81. The van der Waals surface area contributed by atoms with E-state index in [0.717, 1.165) is 28.8 Å². The van der Waals surface area contributed by atoms with Gasteiger partial charge in [0.05, 0.1) is 12.9 Å². The van der Waals surface area contributed by atoms with Crippen LogP contribution in [0.5, 0.6) is 0 Å². The van der Waals surface area contributed by atoms with Gasteiger partial charge in [-0.15, -0.1) is 0 Å². The minimum atomic E-state index is 0.145. The second-order valence-corrected chi connectivity index (χ2v) is 6.40. The van der Waals surface area contributed by atoms with E-state index in [9.17, 15) is 0 Å². The second kappa shape index (κ2) is 6.96. The van der Waals surface area contributed by atoms with Crippen LogP contribution in [0, 0.1) is 11.3 Å². The summed E-state index contributed by atoms with van der Waals surface area (Å²) in [5.41, 5.74) is 17.8. The van der Waals surface area contributed by atoms with Crippen molar-refractivity contribution in [3.63, 3.8) is 0 Å². The Hall–Kier alpha value is -3.99. The van der Waals surface area contributed by atoms with Gasteiger partial charge < -0.3 is 16.0 Å². The zero-order valence-corrected chi connectivity index (χ0v) is 15.3. The fourth-order valence-corrected chi connectivity index (χ4v) is 3.18. The minimum Gasteiger partial charge on any atom is -0.399 e. The van der Waals surface area contributed by atoms with Gasteiger partial charge in [0.15, 0.2) is 5.65 Å². The minimum absolute atomic E-state index is 0.145. The number of nitrogens with zero attached hydrogens (tertiary/aromatic N) is 6. The van der Waals surface area contributed by atoms with Crippen LogP contribution in [-0.2, 0) is 13.0 Å². The van der Waals surface area contributed by atoms with Gasteiger partial charge in [-0.05, 0) is 35.7 Å². The number of fused-ring (bicyclic) bond motifs is 1. The largest absolute Gasteiger partial charge is 0.399 e. The van der Waals surface area contributed by atoms with Crippen molar-refractivity contribution in [3.05, 3.63) is 59.7 Å². The predicted octanol–water partition coefficient (Wildman–Crippen LogP) is 2.54. The fourth-order valence-electron chi connectivity index (χ4n) is 3.18. The molecule has 28 heavy (non-hydrogen) atoms. The Kier molecular flexibility index (Phi) is 4.33. The van der Waals surface area contributed by atoms with Crippen LogP contribution in [0.25, 0.3) is 22.4 Å². The fraction of sp³-hybridized carbons (Fsp3) is 0.150. The lowest BCUT2D eigenvalue weighted by molar-refractivity contribution is 0.812. The van der Waals surface area contributed by atoms with E-state index >= 15 is 0 Å². The van der Waals surface area contributed by atoms with E-state index in [1.54, 1.807) is 24.7 Å². The van der Waals surface area contributed by atoms with E-state index in [-0.39, 0.29) is 5.95 Å². The lowest BCUT2D eigenvalue weighted by atomic mass is 10.1. The summed E-state index contributed by atoms with van der Waals surface area (Å²) in [5, 5.41) is 9.11. The molecule has 1 aromatic carbocycles. The average Bonchev–Trinajstić information content (AvgIpc) is 3.11. The first kappa shape index (κ1) is 17.4. The molecule has 4 rings (SSSR count). The van der Waals surface area contributed by atoms with Crippen LogP contribution in [0.2, 0.25) is 0 Å². The van der Waals surface area contributed by atoms with Crippen molar-refractivity contribution in [2.45, 2.75) is 19.9 Å². The molecule has 3 aromatic heterocycles. The number of hydrogen-bond acceptors (Lipinski definition) is 7. The second-order valence-electron chi connectivity index (χ2n) is 6.40. The number of nitriles is 1. The van der Waals surface area contributed by atoms with E-state index in [0.29, 0.717) is 29.1 Å². The number of nitrogen functional groups attached to an aromatic ring is 2. The van der Waals surface area contributed by atoms with Gasteiger partial charge in [0, 0.05) is 17.4 Å². The number of pyridine rings is 1. The summed E-state index contributed by atoms with van der Waals surface area (Å²) in [6.07, 6.45) is 4.15. The molecule has 8 heteroatoms. The highest BCUT2D eigenvalue weighted by atomic mass is 15.1. The Labute approximate surface area is 161 Å². The highest BCUT2D eigenvalue weighted by Gasteiger charge is 2.15. The molecule has 0 aliphatic rings. The van der Waals surface area contributed by atoms with Crippen molar-refractivity contribution in [3.8, 4) is 17.3 Å². The monoisotopic (exact) mass is 370 g/mol. The van der Waals surface area contributed by atoms with Crippen LogP contribution in [0.4, 0.5) is 11.6 Å². The Bertz CT molecular complexity index is 1220. The van der Waals surface area contributed by atoms with E-state index in [2.05, 4.69) is 32.9 Å². The Balaban J connectivity index is 1.80. The molecule has 0 spiro atoms.